The fourth-order valence-corrected chi connectivity index (χ4v) is 3.86. The fourth-order valence-electron chi connectivity index (χ4n) is 3.86. The zero-order valence-electron chi connectivity index (χ0n) is 24.5. The number of carbonyl (C=O) groups excluding carboxylic acids is 3. The van der Waals surface area contributed by atoms with E-state index < -0.39 is 29.1 Å². The molecule has 1 unspecified atom stereocenters. The zero-order valence-corrected chi connectivity index (χ0v) is 24.5. The second-order valence-corrected chi connectivity index (χ2v) is 11.7. The van der Waals surface area contributed by atoms with Crippen LogP contribution in [0.4, 0.5) is 10.5 Å². The molecule has 0 fully saturated rings. The molecule has 2 amide bonds. The minimum Gasteiger partial charge on any atom is -0.455 e. The molecule has 2 aromatic rings. The predicted octanol–water partition coefficient (Wildman–Crippen LogP) is 6.07. The van der Waals surface area contributed by atoms with Crippen molar-refractivity contribution in [1.29, 1.82) is 0 Å². The largest absolute Gasteiger partial charge is 0.455 e. The van der Waals surface area contributed by atoms with Crippen LogP contribution in [0.15, 0.2) is 58.5 Å². The summed E-state index contributed by atoms with van der Waals surface area (Å²) in [6, 6.07) is 14.6. The summed E-state index contributed by atoms with van der Waals surface area (Å²) in [5.74, 6) is -3.06. The second kappa shape index (κ2) is 12.4. The molecule has 2 N–H and O–H groups in total. The van der Waals surface area contributed by atoms with Gasteiger partial charge in [0.05, 0.1) is 11.9 Å². The van der Waals surface area contributed by atoms with Crippen molar-refractivity contribution in [3.63, 3.8) is 0 Å². The van der Waals surface area contributed by atoms with Crippen LogP contribution in [-0.4, -0.2) is 46.9 Å². The van der Waals surface area contributed by atoms with Gasteiger partial charge in [-0.3, -0.25) is 10.1 Å². The van der Waals surface area contributed by atoms with Crippen LogP contribution in [0.25, 0.3) is 0 Å². The highest BCUT2D eigenvalue weighted by molar-refractivity contribution is 6.40. The highest BCUT2D eigenvalue weighted by atomic mass is 16.6. The van der Waals surface area contributed by atoms with Crippen LogP contribution >= 0.6 is 0 Å². The van der Waals surface area contributed by atoms with Crippen molar-refractivity contribution >= 4 is 35.6 Å². The number of hydrogen-bond acceptors (Lipinski definition) is 7. The van der Waals surface area contributed by atoms with Crippen LogP contribution in [0.2, 0.25) is 0 Å². The molecule has 2 aromatic carbocycles. The highest BCUT2D eigenvalue weighted by Gasteiger charge is 2.46. The topological polar surface area (TPSA) is 118 Å². The molecule has 0 spiro atoms. The molecule has 40 heavy (non-hydrogen) atoms. The zero-order chi connectivity index (χ0) is 29.6. The van der Waals surface area contributed by atoms with E-state index in [9.17, 15) is 14.4 Å². The smallest absolute Gasteiger partial charge is 0.411 e. The SMILES string of the molecule is CCCCCc1ccc(C(=O)Nc2ccc(C3=NC(NC(=O)OC(C)(C)C)(C(=O)OC(C)(C)C)N=C3)cc2)cc1. The average molecular weight is 549 g/mol. The van der Waals surface area contributed by atoms with Gasteiger partial charge >= 0.3 is 17.8 Å². The van der Waals surface area contributed by atoms with E-state index in [0.29, 0.717) is 22.5 Å². The average Bonchev–Trinajstić information content (AvgIpc) is 3.28. The monoisotopic (exact) mass is 548 g/mol. The molecule has 1 atom stereocenters. The summed E-state index contributed by atoms with van der Waals surface area (Å²) in [6.45, 7) is 12.4. The Morgan fingerprint density at radius 3 is 2.05 bits per heavy atom. The van der Waals surface area contributed by atoms with E-state index >= 15 is 0 Å². The molecule has 9 nitrogen and oxygen atoms in total. The normalized spacial score (nSPS) is 16.7. The Morgan fingerprint density at radius 2 is 1.48 bits per heavy atom. The number of alkyl carbamates (subject to hydrolysis) is 1. The van der Waals surface area contributed by atoms with E-state index in [2.05, 4.69) is 27.5 Å². The van der Waals surface area contributed by atoms with Crippen LogP contribution in [0.1, 0.15) is 89.2 Å². The molecule has 0 radical (unpaired) electrons. The van der Waals surface area contributed by atoms with Gasteiger partial charge in [-0.05, 0) is 84.2 Å². The molecule has 214 valence electrons. The van der Waals surface area contributed by atoms with Crippen molar-refractivity contribution in [2.75, 3.05) is 5.32 Å². The van der Waals surface area contributed by atoms with E-state index in [1.54, 1.807) is 65.8 Å². The summed E-state index contributed by atoms with van der Waals surface area (Å²) in [6.07, 6.45) is 5.06. The summed E-state index contributed by atoms with van der Waals surface area (Å²) in [5, 5.41) is 5.36. The number of nitrogens with one attached hydrogen (secondary N) is 2. The number of anilines is 1. The predicted molar refractivity (Wildman–Crippen MR) is 157 cm³/mol. The lowest BCUT2D eigenvalue weighted by Crippen LogP contribution is -2.54. The first-order valence-electron chi connectivity index (χ1n) is 13.6. The summed E-state index contributed by atoms with van der Waals surface area (Å²) in [5.41, 5.74) is 1.77. The van der Waals surface area contributed by atoms with Gasteiger partial charge in [-0.2, -0.15) is 0 Å². The minimum atomic E-state index is -2.01. The Bertz CT molecular complexity index is 1270. The third-order valence-corrected chi connectivity index (χ3v) is 5.74. The summed E-state index contributed by atoms with van der Waals surface area (Å²) >= 11 is 0. The lowest BCUT2D eigenvalue weighted by atomic mass is 10.0. The Kier molecular flexibility index (Phi) is 9.50. The fraction of sp³-hybridized carbons (Fsp3) is 0.452. The van der Waals surface area contributed by atoms with E-state index in [4.69, 9.17) is 9.47 Å². The van der Waals surface area contributed by atoms with Gasteiger partial charge in [0.15, 0.2) is 0 Å². The standard InChI is InChI=1S/C31H40N4O5/c1-8-9-10-11-21-12-14-23(15-13-21)26(36)33-24-18-16-22(17-19-24)25-20-32-31(34-25,27(37)39-29(2,3)4)35-28(38)40-30(5,6)7/h12-20H,8-11H2,1-7H3,(H,33,36)(H,35,38). The third-order valence-electron chi connectivity index (χ3n) is 5.74. The minimum absolute atomic E-state index is 0.210. The number of hydrogen-bond donors (Lipinski definition) is 2. The molecule has 1 heterocycles. The van der Waals surface area contributed by atoms with Gasteiger partial charge in [0, 0.05) is 16.8 Å². The van der Waals surface area contributed by atoms with Crippen molar-refractivity contribution in [3.8, 4) is 0 Å². The molecular formula is C31H40N4O5. The van der Waals surface area contributed by atoms with E-state index in [0.717, 1.165) is 12.8 Å². The molecule has 1 aliphatic rings. The summed E-state index contributed by atoms with van der Waals surface area (Å²) < 4.78 is 10.8. The Labute approximate surface area is 236 Å². The first-order chi connectivity index (χ1) is 18.7. The van der Waals surface area contributed by atoms with Crippen molar-refractivity contribution in [1.82, 2.24) is 5.32 Å². The first-order valence-corrected chi connectivity index (χ1v) is 13.6. The molecule has 0 saturated heterocycles. The van der Waals surface area contributed by atoms with Gasteiger partial charge in [0.25, 0.3) is 5.91 Å². The van der Waals surface area contributed by atoms with Gasteiger partial charge in [0.1, 0.15) is 11.2 Å². The number of esters is 1. The number of amides is 2. The van der Waals surface area contributed by atoms with Gasteiger partial charge in [-0.25, -0.2) is 19.6 Å². The van der Waals surface area contributed by atoms with Crippen molar-refractivity contribution in [2.24, 2.45) is 9.98 Å². The molecule has 1 aliphatic heterocycles. The van der Waals surface area contributed by atoms with E-state index in [1.165, 1.54) is 24.6 Å². The third kappa shape index (κ3) is 8.76. The molecule has 0 bridgehead atoms. The number of nitrogens with zero attached hydrogens (tertiary/aromatic N) is 2. The van der Waals surface area contributed by atoms with Crippen LogP contribution in [0.3, 0.4) is 0 Å². The van der Waals surface area contributed by atoms with Gasteiger partial charge in [0.2, 0.25) is 0 Å². The number of aryl methyl sites for hydroxylation is 1. The number of unbranched alkanes of at least 4 members (excludes halogenated alkanes) is 2. The van der Waals surface area contributed by atoms with Crippen LogP contribution in [-0.2, 0) is 20.7 Å². The van der Waals surface area contributed by atoms with Gasteiger partial charge in [-0.1, -0.05) is 44.0 Å². The maximum atomic E-state index is 13.1. The quantitative estimate of drug-likeness (QED) is 0.291. The number of carbonyl (C=O) groups is 3. The molecular weight excluding hydrogens is 508 g/mol. The van der Waals surface area contributed by atoms with Crippen LogP contribution in [0.5, 0.6) is 0 Å². The Balaban J connectivity index is 1.74. The number of benzene rings is 2. The molecule has 0 saturated carbocycles. The Morgan fingerprint density at radius 1 is 0.850 bits per heavy atom. The molecule has 3 rings (SSSR count). The lowest BCUT2D eigenvalue weighted by Gasteiger charge is -2.28. The van der Waals surface area contributed by atoms with Crippen LogP contribution in [0, 0.1) is 0 Å². The van der Waals surface area contributed by atoms with Gasteiger partial charge in [-0.15, -0.1) is 0 Å². The maximum Gasteiger partial charge on any atom is 0.411 e. The first kappa shape index (κ1) is 30.5. The number of ether oxygens (including phenoxy) is 2. The van der Waals surface area contributed by atoms with E-state index in [-0.39, 0.29) is 5.91 Å². The summed E-state index contributed by atoms with van der Waals surface area (Å²) in [7, 11) is 0. The van der Waals surface area contributed by atoms with Crippen molar-refractivity contribution in [2.45, 2.75) is 91.1 Å². The van der Waals surface area contributed by atoms with Crippen molar-refractivity contribution in [3.05, 3.63) is 65.2 Å². The Hall–Kier alpha value is -4.01. The second-order valence-electron chi connectivity index (χ2n) is 11.7. The molecule has 0 aliphatic carbocycles. The summed E-state index contributed by atoms with van der Waals surface area (Å²) in [4.78, 5) is 47.1. The lowest BCUT2D eigenvalue weighted by molar-refractivity contribution is -0.162. The molecule has 9 heteroatoms. The van der Waals surface area contributed by atoms with Gasteiger partial charge < -0.3 is 14.8 Å². The van der Waals surface area contributed by atoms with E-state index in [1.807, 2.05) is 24.3 Å². The maximum absolute atomic E-state index is 13.1. The highest BCUT2D eigenvalue weighted by Crippen LogP contribution is 2.24. The number of rotatable bonds is 9. The number of aliphatic imine (C=N–C) groups is 2. The van der Waals surface area contributed by atoms with Crippen LogP contribution < -0.4 is 10.6 Å². The molecule has 0 aromatic heterocycles. The van der Waals surface area contributed by atoms with Crippen molar-refractivity contribution < 1.29 is 23.9 Å².